The van der Waals surface area contributed by atoms with Crippen LogP contribution in [0.1, 0.15) is 0 Å². The molecule has 0 amide bonds. The van der Waals surface area contributed by atoms with Crippen molar-refractivity contribution >= 4 is 6.21 Å². The summed E-state index contributed by atoms with van der Waals surface area (Å²) < 4.78 is 5.03. The SMILES string of the molecule is C1=CN=C/C=C\COC=C1. The molecule has 2 heteroatoms. The summed E-state index contributed by atoms with van der Waals surface area (Å²) in [6.07, 6.45) is 12.4. The second-order valence-corrected chi connectivity index (χ2v) is 1.73. The lowest BCUT2D eigenvalue weighted by atomic mass is 10.5. The smallest absolute Gasteiger partial charge is 0.106 e. The third-order valence-electron chi connectivity index (χ3n) is 0.959. The molecule has 0 atom stereocenters. The fraction of sp³-hybridized carbons (Fsp3) is 0.125. The zero-order chi connectivity index (χ0) is 7.07. The summed E-state index contributed by atoms with van der Waals surface area (Å²) >= 11 is 0. The Labute approximate surface area is 60.2 Å². The van der Waals surface area contributed by atoms with Gasteiger partial charge in [-0.2, -0.15) is 0 Å². The molecule has 1 aliphatic heterocycles. The van der Waals surface area contributed by atoms with Crippen LogP contribution >= 0.6 is 0 Å². The van der Waals surface area contributed by atoms with Crippen LogP contribution in [0.2, 0.25) is 0 Å². The van der Waals surface area contributed by atoms with Gasteiger partial charge in [-0.25, -0.2) is 0 Å². The van der Waals surface area contributed by atoms with Crippen LogP contribution in [-0.4, -0.2) is 12.8 Å². The molecule has 0 aromatic rings. The van der Waals surface area contributed by atoms with E-state index in [1.54, 1.807) is 24.8 Å². The molecular weight excluding hydrogens is 126 g/mol. The number of aliphatic imine (C=N–C) groups is 1. The molecule has 0 spiro atoms. The Morgan fingerprint density at radius 2 is 2.20 bits per heavy atom. The topological polar surface area (TPSA) is 21.6 Å². The maximum absolute atomic E-state index is 5.03. The third kappa shape index (κ3) is 2.87. The highest BCUT2D eigenvalue weighted by molar-refractivity contribution is 5.71. The molecule has 10 heavy (non-hydrogen) atoms. The first-order valence-electron chi connectivity index (χ1n) is 3.12. The van der Waals surface area contributed by atoms with Crippen LogP contribution in [-0.2, 0) is 4.74 Å². The molecular formula is C8H9NO. The summed E-state index contributed by atoms with van der Waals surface area (Å²) in [5.41, 5.74) is 0. The second kappa shape index (κ2) is 4.56. The number of ether oxygens (including phenoxy) is 1. The van der Waals surface area contributed by atoms with E-state index >= 15 is 0 Å². The van der Waals surface area contributed by atoms with E-state index in [0.29, 0.717) is 6.61 Å². The quantitative estimate of drug-likeness (QED) is 0.495. The monoisotopic (exact) mass is 135 g/mol. The minimum atomic E-state index is 0.607. The first-order valence-corrected chi connectivity index (χ1v) is 3.12. The number of hydrogen-bond donors (Lipinski definition) is 0. The molecule has 0 saturated heterocycles. The molecule has 0 N–H and O–H groups in total. The lowest BCUT2D eigenvalue weighted by Gasteiger charge is -1.91. The fourth-order valence-electron chi connectivity index (χ4n) is 0.527. The largest absolute Gasteiger partial charge is 0.497 e. The molecule has 0 bridgehead atoms. The highest BCUT2D eigenvalue weighted by atomic mass is 16.5. The van der Waals surface area contributed by atoms with Crippen molar-refractivity contribution in [1.82, 2.24) is 0 Å². The maximum atomic E-state index is 5.03. The van der Waals surface area contributed by atoms with Gasteiger partial charge in [-0.15, -0.1) is 0 Å². The van der Waals surface area contributed by atoms with Gasteiger partial charge in [0.25, 0.3) is 0 Å². The van der Waals surface area contributed by atoms with Crippen LogP contribution in [0.25, 0.3) is 0 Å². The Hall–Kier alpha value is -1.31. The van der Waals surface area contributed by atoms with Gasteiger partial charge in [0.05, 0.1) is 6.26 Å². The van der Waals surface area contributed by atoms with E-state index < -0.39 is 0 Å². The van der Waals surface area contributed by atoms with E-state index in [4.69, 9.17) is 4.74 Å². The summed E-state index contributed by atoms with van der Waals surface area (Å²) in [5.74, 6) is 0. The van der Waals surface area contributed by atoms with Crippen molar-refractivity contribution in [3.05, 3.63) is 36.8 Å². The average Bonchev–Trinajstić information content (AvgIpc) is 2.01. The molecule has 1 heterocycles. The van der Waals surface area contributed by atoms with Crippen LogP contribution in [0, 0.1) is 0 Å². The van der Waals surface area contributed by atoms with E-state index in [0.717, 1.165) is 0 Å². The van der Waals surface area contributed by atoms with Gasteiger partial charge in [-0.3, -0.25) is 4.99 Å². The average molecular weight is 135 g/mol. The van der Waals surface area contributed by atoms with Crippen LogP contribution in [0.5, 0.6) is 0 Å². The lowest BCUT2D eigenvalue weighted by Crippen LogP contribution is -1.80. The normalized spacial score (nSPS) is 20.0. The summed E-state index contributed by atoms with van der Waals surface area (Å²) in [4.78, 5) is 3.93. The molecule has 1 rings (SSSR count). The van der Waals surface area contributed by atoms with Crippen molar-refractivity contribution in [3.8, 4) is 0 Å². The van der Waals surface area contributed by atoms with Gasteiger partial charge >= 0.3 is 0 Å². The molecule has 0 fully saturated rings. The highest BCUT2D eigenvalue weighted by Crippen LogP contribution is 1.84. The van der Waals surface area contributed by atoms with E-state index in [1.807, 2.05) is 18.2 Å². The summed E-state index contributed by atoms with van der Waals surface area (Å²) in [7, 11) is 0. The zero-order valence-electron chi connectivity index (χ0n) is 5.60. The predicted molar refractivity (Wildman–Crippen MR) is 41.9 cm³/mol. The molecule has 1 aliphatic rings. The molecule has 0 radical (unpaired) electrons. The zero-order valence-corrected chi connectivity index (χ0v) is 5.60. The predicted octanol–water partition coefficient (Wildman–Crippen LogP) is 1.67. The molecule has 0 saturated carbocycles. The van der Waals surface area contributed by atoms with Crippen molar-refractivity contribution < 1.29 is 4.74 Å². The number of allylic oxidation sites excluding steroid dienone is 3. The standard InChI is InChI=1S/C8H9NO/c1-3-7-10-8-4-2-6-9-5-1/h1-7H,8H2/b4-2-,5-1?,7-3?,9-6?. The fourth-order valence-corrected chi connectivity index (χ4v) is 0.527. The van der Waals surface area contributed by atoms with Gasteiger partial charge in [-0.1, -0.05) is 0 Å². The van der Waals surface area contributed by atoms with E-state index in [1.165, 1.54) is 0 Å². The van der Waals surface area contributed by atoms with E-state index in [-0.39, 0.29) is 0 Å². The third-order valence-corrected chi connectivity index (χ3v) is 0.959. The van der Waals surface area contributed by atoms with Crippen molar-refractivity contribution in [3.63, 3.8) is 0 Å². The Bertz CT molecular complexity index is 167. The lowest BCUT2D eigenvalue weighted by molar-refractivity contribution is 0.290. The van der Waals surface area contributed by atoms with Gasteiger partial charge in [-0.05, 0) is 24.3 Å². The van der Waals surface area contributed by atoms with Crippen molar-refractivity contribution in [2.24, 2.45) is 4.99 Å². The van der Waals surface area contributed by atoms with Crippen molar-refractivity contribution in [1.29, 1.82) is 0 Å². The Morgan fingerprint density at radius 3 is 3.20 bits per heavy atom. The Morgan fingerprint density at radius 1 is 1.20 bits per heavy atom. The Balaban J connectivity index is 2.53. The first-order chi connectivity index (χ1) is 5.00. The number of rotatable bonds is 0. The minimum absolute atomic E-state index is 0.607. The van der Waals surface area contributed by atoms with E-state index in [2.05, 4.69) is 4.99 Å². The molecule has 52 valence electrons. The molecule has 2 nitrogen and oxygen atoms in total. The summed E-state index contributed by atoms with van der Waals surface area (Å²) in [5, 5.41) is 0. The van der Waals surface area contributed by atoms with Crippen LogP contribution in [0.15, 0.2) is 41.8 Å². The summed E-state index contributed by atoms with van der Waals surface area (Å²) in [6, 6.07) is 0. The van der Waals surface area contributed by atoms with Gasteiger partial charge in [0.15, 0.2) is 0 Å². The first kappa shape index (κ1) is 6.81. The van der Waals surface area contributed by atoms with E-state index in [9.17, 15) is 0 Å². The minimum Gasteiger partial charge on any atom is -0.497 e. The van der Waals surface area contributed by atoms with Gasteiger partial charge < -0.3 is 4.74 Å². The molecule has 0 aromatic heterocycles. The van der Waals surface area contributed by atoms with Crippen molar-refractivity contribution in [2.45, 2.75) is 0 Å². The van der Waals surface area contributed by atoms with Gasteiger partial charge in [0.2, 0.25) is 0 Å². The number of nitrogens with zero attached hydrogens (tertiary/aromatic N) is 1. The van der Waals surface area contributed by atoms with Gasteiger partial charge in [0.1, 0.15) is 6.61 Å². The van der Waals surface area contributed by atoms with Crippen LogP contribution in [0.4, 0.5) is 0 Å². The Kier molecular flexibility index (Phi) is 3.10. The van der Waals surface area contributed by atoms with Crippen LogP contribution in [0.3, 0.4) is 0 Å². The van der Waals surface area contributed by atoms with Gasteiger partial charge in [0, 0.05) is 12.4 Å². The number of hydrogen-bond acceptors (Lipinski definition) is 2. The molecule has 0 aliphatic carbocycles. The highest BCUT2D eigenvalue weighted by Gasteiger charge is 1.73. The van der Waals surface area contributed by atoms with Crippen molar-refractivity contribution in [2.75, 3.05) is 6.61 Å². The summed E-state index contributed by atoms with van der Waals surface area (Å²) in [6.45, 7) is 0.607. The maximum Gasteiger partial charge on any atom is 0.106 e. The van der Waals surface area contributed by atoms with Crippen LogP contribution < -0.4 is 0 Å². The molecule has 0 aromatic carbocycles. The molecule has 0 unspecified atom stereocenters. The second-order valence-electron chi connectivity index (χ2n) is 1.73.